The minimum atomic E-state index is -0.474. The summed E-state index contributed by atoms with van der Waals surface area (Å²) in [6.07, 6.45) is 2.80. The van der Waals surface area contributed by atoms with Crippen LogP contribution in [0.1, 0.15) is 36.5 Å². The lowest BCUT2D eigenvalue weighted by molar-refractivity contribution is -0.116. The van der Waals surface area contributed by atoms with Crippen molar-refractivity contribution in [1.82, 2.24) is 9.55 Å². The van der Waals surface area contributed by atoms with Gasteiger partial charge in [0.15, 0.2) is 5.78 Å². The third kappa shape index (κ3) is 5.17. The van der Waals surface area contributed by atoms with Crippen LogP contribution in [-0.2, 0) is 11.3 Å². The van der Waals surface area contributed by atoms with Crippen LogP contribution in [0.4, 0.5) is 5.69 Å². The fourth-order valence-electron chi connectivity index (χ4n) is 2.31. The Morgan fingerprint density at radius 3 is 2.64 bits per heavy atom. The highest BCUT2D eigenvalue weighted by Crippen LogP contribution is 2.22. The lowest BCUT2D eigenvalue weighted by atomic mass is 10.1. The molecule has 0 saturated carbocycles. The number of hydrogen-bond donors (Lipinski definition) is 3. The summed E-state index contributed by atoms with van der Waals surface area (Å²) in [5.41, 5.74) is -0.336. The quantitative estimate of drug-likeness (QED) is 0.396. The van der Waals surface area contributed by atoms with Crippen molar-refractivity contribution in [2.45, 2.75) is 32.7 Å². The Bertz CT molecular complexity index is 898. The molecule has 0 saturated heterocycles. The number of phenols is 1. The number of aromatic nitrogens is 2. The summed E-state index contributed by atoms with van der Waals surface area (Å²) in [6, 6.07) is 5.56. The molecule has 0 aliphatic rings. The van der Waals surface area contributed by atoms with Gasteiger partial charge >= 0.3 is 5.69 Å². The summed E-state index contributed by atoms with van der Waals surface area (Å²) in [5, 5.41) is 12.2. The molecule has 1 aromatic heterocycles. The number of phenolic OH excluding ortho intramolecular Hbond substituents is 1. The van der Waals surface area contributed by atoms with E-state index in [1.807, 2.05) is 0 Å². The van der Waals surface area contributed by atoms with Crippen LogP contribution in [-0.4, -0.2) is 26.3 Å². The van der Waals surface area contributed by atoms with Crippen molar-refractivity contribution in [1.29, 1.82) is 0 Å². The van der Waals surface area contributed by atoms with Crippen molar-refractivity contribution >= 4 is 17.4 Å². The number of nitrogens with zero attached hydrogens (tertiary/aromatic N) is 1. The summed E-state index contributed by atoms with van der Waals surface area (Å²) in [6.45, 7) is 1.73. The van der Waals surface area contributed by atoms with Gasteiger partial charge in [-0.15, -0.1) is 0 Å². The lowest BCUT2D eigenvalue weighted by Crippen LogP contribution is -2.28. The van der Waals surface area contributed by atoms with Crippen LogP contribution >= 0.6 is 0 Å². The fourth-order valence-corrected chi connectivity index (χ4v) is 2.31. The van der Waals surface area contributed by atoms with Crippen molar-refractivity contribution in [2.75, 3.05) is 5.32 Å². The van der Waals surface area contributed by atoms with Crippen LogP contribution < -0.4 is 16.6 Å². The van der Waals surface area contributed by atoms with E-state index in [9.17, 15) is 24.3 Å². The van der Waals surface area contributed by atoms with Gasteiger partial charge in [-0.25, -0.2) is 4.79 Å². The number of Topliss-reactive ketones (excluding diaryl/α,β-unsaturated/α-hetero) is 1. The lowest BCUT2D eigenvalue weighted by Gasteiger charge is -2.08. The molecule has 0 fully saturated rings. The van der Waals surface area contributed by atoms with Gasteiger partial charge in [0.05, 0.1) is 5.56 Å². The van der Waals surface area contributed by atoms with Gasteiger partial charge in [-0.1, -0.05) is 0 Å². The molecule has 8 nitrogen and oxygen atoms in total. The SMILES string of the molecule is CC(=O)c1cc(NC(=O)CCCCn2ccc(=O)[nH]c2=O)ccc1O. The van der Waals surface area contributed by atoms with E-state index in [1.165, 1.54) is 42.0 Å². The number of benzene rings is 1. The number of anilines is 1. The zero-order valence-corrected chi connectivity index (χ0v) is 13.7. The Hall–Kier alpha value is -3.16. The first-order valence-electron chi connectivity index (χ1n) is 7.80. The number of carbonyl (C=O) groups is 2. The highest BCUT2D eigenvalue weighted by molar-refractivity contribution is 5.99. The van der Waals surface area contributed by atoms with Crippen LogP contribution in [0.5, 0.6) is 5.75 Å². The molecule has 2 aromatic rings. The van der Waals surface area contributed by atoms with Crippen molar-refractivity contribution in [2.24, 2.45) is 0 Å². The van der Waals surface area contributed by atoms with E-state index in [1.54, 1.807) is 0 Å². The molecule has 0 radical (unpaired) electrons. The van der Waals surface area contributed by atoms with Gasteiger partial charge in [-0.2, -0.15) is 0 Å². The smallest absolute Gasteiger partial charge is 0.328 e. The maximum absolute atomic E-state index is 11.9. The molecule has 0 aliphatic carbocycles. The Labute approximate surface area is 143 Å². The average molecular weight is 345 g/mol. The van der Waals surface area contributed by atoms with E-state index in [-0.39, 0.29) is 29.4 Å². The van der Waals surface area contributed by atoms with Gasteiger partial charge in [0.2, 0.25) is 5.91 Å². The largest absolute Gasteiger partial charge is 0.507 e. The second-order valence-corrected chi connectivity index (χ2v) is 5.60. The Morgan fingerprint density at radius 1 is 1.20 bits per heavy atom. The standard InChI is InChI=1S/C17H19N3O5/c1-11(21)13-10-12(5-6-14(13)22)18-15(23)4-2-3-8-20-9-7-16(24)19-17(20)25/h5-7,9-10,22H,2-4,8H2,1H3,(H,18,23)(H,19,24,25). The van der Waals surface area contributed by atoms with Gasteiger partial charge in [0.1, 0.15) is 5.75 Å². The number of amides is 1. The first-order chi connectivity index (χ1) is 11.9. The van der Waals surface area contributed by atoms with Crippen molar-refractivity contribution < 1.29 is 14.7 Å². The average Bonchev–Trinajstić information content (AvgIpc) is 2.54. The molecule has 132 valence electrons. The summed E-state index contributed by atoms with van der Waals surface area (Å²) in [7, 11) is 0. The zero-order chi connectivity index (χ0) is 18.4. The van der Waals surface area contributed by atoms with E-state index in [4.69, 9.17) is 0 Å². The monoisotopic (exact) mass is 345 g/mol. The Balaban J connectivity index is 1.83. The molecule has 0 aliphatic heterocycles. The summed E-state index contributed by atoms with van der Waals surface area (Å²) < 4.78 is 1.37. The predicted octanol–water partition coefficient (Wildman–Crippen LogP) is 1.25. The molecule has 0 bridgehead atoms. The summed E-state index contributed by atoms with van der Waals surface area (Å²) >= 11 is 0. The maximum Gasteiger partial charge on any atom is 0.328 e. The second-order valence-electron chi connectivity index (χ2n) is 5.60. The summed E-state index contributed by atoms with van der Waals surface area (Å²) in [4.78, 5) is 47.9. The zero-order valence-electron chi connectivity index (χ0n) is 13.7. The number of aromatic amines is 1. The van der Waals surface area contributed by atoms with Gasteiger partial charge in [-0.05, 0) is 38.0 Å². The molecule has 0 unspecified atom stereocenters. The predicted molar refractivity (Wildman–Crippen MR) is 91.9 cm³/mol. The molecule has 1 amide bonds. The number of carbonyl (C=O) groups excluding carboxylic acids is 2. The van der Waals surface area contributed by atoms with Gasteiger partial charge in [0.25, 0.3) is 5.56 Å². The normalized spacial score (nSPS) is 10.4. The van der Waals surface area contributed by atoms with E-state index in [0.717, 1.165) is 0 Å². The maximum atomic E-state index is 11.9. The molecule has 2 rings (SSSR count). The van der Waals surface area contributed by atoms with Gasteiger partial charge in [-0.3, -0.25) is 19.4 Å². The molecular formula is C17H19N3O5. The minimum absolute atomic E-state index is 0.128. The van der Waals surface area contributed by atoms with E-state index in [0.29, 0.717) is 25.1 Å². The number of hydrogen-bond acceptors (Lipinski definition) is 5. The summed E-state index contributed by atoms with van der Waals surface area (Å²) in [5.74, 6) is -0.647. The molecule has 8 heteroatoms. The minimum Gasteiger partial charge on any atom is -0.507 e. The molecule has 1 heterocycles. The third-order valence-corrected chi connectivity index (χ3v) is 3.61. The van der Waals surface area contributed by atoms with E-state index < -0.39 is 11.2 Å². The van der Waals surface area contributed by atoms with Crippen molar-refractivity contribution in [3.63, 3.8) is 0 Å². The number of unbranched alkanes of at least 4 members (excludes halogenated alkanes) is 1. The topological polar surface area (TPSA) is 121 Å². The van der Waals surface area contributed by atoms with Crippen molar-refractivity contribution in [3.8, 4) is 5.75 Å². The fraction of sp³-hybridized carbons (Fsp3) is 0.294. The Morgan fingerprint density at radius 2 is 1.96 bits per heavy atom. The third-order valence-electron chi connectivity index (χ3n) is 3.61. The number of aryl methyl sites for hydroxylation is 1. The van der Waals surface area contributed by atoms with Crippen LogP contribution in [0.25, 0.3) is 0 Å². The highest BCUT2D eigenvalue weighted by Gasteiger charge is 2.09. The van der Waals surface area contributed by atoms with Gasteiger partial charge < -0.3 is 15.0 Å². The number of nitrogens with one attached hydrogen (secondary N) is 2. The number of H-pyrrole nitrogens is 1. The molecule has 25 heavy (non-hydrogen) atoms. The van der Waals surface area contributed by atoms with Crippen LogP contribution in [0.3, 0.4) is 0 Å². The second kappa shape index (κ2) is 8.09. The molecular weight excluding hydrogens is 326 g/mol. The Kier molecular flexibility index (Phi) is 5.89. The molecule has 3 N–H and O–H groups in total. The highest BCUT2D eigenvalue weighted by atomic mass is 16.3. The molecule has 0 atom stereocenters. The first kappa shape index (κ1) is 18.2. The number of rotatable bonds is 7. The van der Waals surface area contributed by atoms with Crippen LogP contribution in [0, 0.1) is 0 Å². The van der Waals surface area contributed by atoms with E-state index in [2.05, 4.69) is 10.3 Å². The molecule has 1 aromatic carbocycles. The first-order valence-corrected chi connectivity index (χ1v) is 7.80. The van der Waals surface area contributed by atoms with Crippen LogP contribution in [0.2, 0.25) is 0 Å². The van der Waals surface area contributed by atoms with Crippen LogP contribution in [0.15, 0.2) is 40.1 Å². The van der Waals surface area contributed by atoms with Gasteiger partial charge in [0, 0.05) is 30.9 Å². The number of aromatic hydroxyl groups is 1. The van der Waals surface area contributed by atoms with Crippen molar-refractivity contribution in [3.05, 3.63) is 56.9 Å². The van der Waals surface area contributed by atoms with E-state index >= 15 is 0 Å². The number of ketones is 1. The molecule has 0 spiro atoms.